The Morgan fingerprint density at radius 3 is 0.917 bits per heavy atom. The van der Waals surface area contributed by atoms with E-state index in [0.29, 0.717) is 0 Å². The zero-order chi connectivity index (χ0) is 32.4. The minimum atomic E-state index is -1.16. The van der Waals surface area contributed by atoms with E-state index in [2.05, 4.69) is 194 Å². The number of rotatable bonds is 7. The molecule has 0 spiro atoms. The molecule has 1 saturated carbocycles. The van der Waals surface area contributed by atoms with Gasteiger partial charge in [-0.15, -0.1) is 0 Å². The zero-order valence-electron chi connectivity index (χ0n) is 26.7. The Morgan fingerprint density at radius 2 is 0.583 bits per heavy atom. The van der Waals surface area contributed by atoms with Crippen molar-refractivity contribution in [2.75, 3.05) is 0 Å². The first kappa shape index (κ1) is 29.6. The number of ketones is 1. The van der Waals surface area contributed by atoms with Crippen LogP contribution in [-0.4, -0.2) is 5.78 Å². The van der Waals surface area contributed by atoms with E-state index >= 15 is 4.79 Å². The van der Waals surface area contributed by atoms with Crippen LogP contribution in [0.5, 0.6) is 0 Å². The minimum Gasteiger partial charge on any atom is -0.298 e. The maximum atomic E-state index is 16.8. The van der Waals surface area contributed by atoms with Crippen molar-refractivity contribution in [3.05, 3.63) is 251 Å². The molecule has 7 aromatic carbocycles. The summed E-state index contributed by atoms with van der Waals surface area (Å²) >= 11 is 0. The molecule has 1 atom stereocenters. The second-order valence-corrected chi connectivity index (χ2v) is 12.7. The summed E-state index contributed by atoms with van der Waals surface area (Å²) in [4.78, 5) is 16.8. The average molecular weight is 617 g/mol. The average Bonchev–Trinajstić information content (AvgIpc) is 3.41. The predicted molar refractivity (Wildman–Crippen MR) is 195 cm³/mol. The smallest absolute Gasteiger partial charge is 0.157 e. The SMILES string of the molecule is O=C1C(c2ccccc2)C(c2ccccc2)(c2ccccc2)C(c2ccccc2)(c2ccccc2)C1(c1ccccc1)c1ccccc1. The topological polar surface area (TPSA) is 17.1 Å². The molecule has 1 heteroatoms. The van der Waals surface area contributed by atoms with Crippen LogP contribution in [0.2, 0.25) is 0 Å². The summed E-state index contributed by atoms with van der Waals surface area (Å²) in [6.45, 7) is 0. The van der Waals surface area contributed by atoms with Gasteiger partial charge in [0.2, 0.25) is 0 Å². The first-order chi connectivity index (χ1) is 23.8. The molecule has 8 rings (SSSR count). The van der Waals surface area contributed by atoms with Gasteiger partial charge in [-0.25, -0.2) is 0 Å². The van der Waals surface area contributed by atoms with Crippen molar-refractivity contribution in [2.24, 2.45) is 0 Å². The molecule has 0 radical (unpaired) electrons. The van der Waals surface area contributed by atoms with Gasteiger partial charge in [0.25, 0.3) is 0 Å². The Balaban J connectivity index is 1.75. The third-order valence-electron chi connectivity index (χ3n) is 10.6. The van der Waals surface area contributed by atoms with Crippen LogP contribution in [0.1, 0.15) is 44.9 Å². The van der Waals surface area contributed by atoms with E-state index in [-0.39, 0.29) is 5.78 Å². The highest BCUT2D eigenvalue weighted by atomic mass is 16.1. The first-order valence-electron chi connectivity index (χ1n) is 16.7. The van der Waals surface area contributed by atoms with E-state index < -0.39 is 22.2 Å². The molecule has 0 aliphatic heterocycles. The molecule has 1 aliphatic rings. The van der Waals surface area contributed by atoms with Crippen molar-refractivity contribution < 1.29 is 4.79 Å². The second-order valence-electron chi connectivity index (χ2n) is 12.7. The molecule has 48 heavy (non-hydrogen) atoms. The van der Waals surface area contributed by atoms with Gasteiger partial charge in [0.1, 0.15) is 0 Å². The molecule has 1 aliphatic carbocycles. The molecule has 1 nitrogen and oxygen atoms in total. The summed E-state index contributed by atoms with van der Waals surface area (Å²) in [6.07, 6.45) is 0. The highest BCUT2D eigenvalue weighted by Crippen LogP contribution is 2.74. The Hall–Kier alpha value is -5.79. The van der Waals surface area contributed by atoms with Crippen LogP contribution in [0, 0.1) is 0 Å². The molecule has 0 amide bonds. The quantitative estimate of drug-likeness (QED) is 0.174. The predicted octanol–water partition coefficient (Wildman–Crippen LogP) is 10.3. The van der Waals surface area contributed by atoms with E-state index in [1.54, 1.807) is 0 Å². The summed E-state index contributed by atoms with van der Waals surface area (Å²) in [6, 6.07) is 74.8. The van der Waals surface area contributed by atoms with Gasteiger partial charge in [0, 0.05) is 5.41 Å². The number of hydrogen-bond donors (Lipinski definition) is 0. The van der Waals surface area contributed by atoms with Crippen LogP contribution in [0.4, 0.5) is 0 Å². The third-order valence-corrected chi connectivity index (χ3v) is 10.6. The maximum absolute atomic E-state index is 16.8. The Bertz CT molecular complexity index is 1990. The minimum absolute atomic E-state index is 0.173. The Morgan fingerprint density at radius 1 is 0.312 bits per heavy atom. The summed E-state index contributed by atoms with van der Waals surface area (Å²) in [5, 5.41) is 0. The highest BCUT2D eigenvalue weighted by Gasteiger charge is 2.79. The Kier molecular flexibility index (Phi) is 7.46. The maximum Gasteiger partial charge on any atom is 0.157 e. The second kappa shape index (κ2) is 12.1. The van der Waals surface area contributed by atoms with Crippen molar-refractivity contribution in [2.45, 2.75) is 22.2 Å². The standard InChI is InChI=1S/C47H36O/c48-44-43(36-22-8-1-9-23-36)45(37-24-10-2-11-25-37,38-26-12-3-13-27-38)47(41-32-18-6-19-33-41,42-34-20-7-21-35-42)46(44,39-28-14-4-15-29-39)40-30-16-5-17-31-40/h1-35,43H. The largest absolute Gasteiger partial charge is 0.298 e. The van der Waals surface area contributed by atoms with Crippen molar-refractivity contribution >= 4 is 5.78 Å². The number of carbonyl (C=O) groups is 1. The van der Waals surface area contributed by atoms with Gasteiger partial charge in [-0.3, -0.25) is 4.79 Å². The number of benzene rings is 7. The lowest BCUT2D eigenvalue weighted by atomic mass is 9.43. The molecule has 0 aromatic heterocycles. The normalized spacial score (nSPS) is 17.5. The summed E-state index contributed by atoms with van der Waals surface area (Å²) < 4.78 is 0. The fourth-order valence-electron chi connectivity index (χ4n) is 9.18. The molecule has 1 unspecified atom stereocenters. The van der Waals surface area contributed by atoms with Gasteiger partial charge in [-0.05, 0) is 38.9 Å². The van der Waals surface area contributed by atoms with Gasteiger partial charge in [-0.2, -0.15) is 0 Å². The fraction of sp³-hybridized carbons (Fsp3) is 0.0851. The van der Waals surface area contributed by atoms with Gasteiger partial charge < -0.3 is 0 Å². The van der Waals surface area contributed by atoms with E-state index in [0.717, 1.165) is 38.9 Å². The van der Waals surface area contributed by atoms with Crippen molar-refractivity contribution in [3.63, 3.8) is 0 Å². The highest BCUT2D eigenvalue weighted by molar-refractivity contribution is 6.08. The van der Waals surface area contributed by atoms with E-state index in [1.807, 2.05) is 18.2 Å². The summed E-state index contributed by atoms with van der Waals surface area (Å²) in [7, 11) is 0. The van der Waals surface area contributed by atoms with E-state index in [4.69, 9.17) is 0 Å². The van der Waals surface area contributed by atoms with Crippen LogP contribution in [0.15, 0.2) is 212 Å². The van der Waals surface area contributed by atoms with Gasteiger partial charge >= 0.3 is 0 Å². The van der Waals surface area contributed by atoms with E-state index in [1.165, 1.54) is 0 Å². The molecule has 0 saturated heterocycles. The monoisotopic (exact) mass is 616 g/mol. The van der Waals surface area contributed by atoms with Crippen molar-refractivity contribution in [1.82, 2.24) is 0 Å². The molecule has 0 heterocycles. The van der Waals surface area contributed by atoms with Crippen LogP contribution in [0.25, 0.3) is 0 Å². The molecule has 7 aromatic rings. The third kappa shape index (κ3) is 4.01. The summed E-state index contributed by atoms with van der Waals surface area (Å²) in [5.74, 6) is -0.393. The van der Waals surface area contributed by atoms with Crippen LogP contribution in [-0.2, 0) is 21.0 Å². The van der Waals surface area contributed by atoms with Gasteiger partial charge in [-0.1, -0.05) is 212 Å². The van der Waals surface area contributed by atoms with Crippen LogP contribution >= 0.6 is 0 Å². The summed E-state index contributed by atoms with van der Waals surface area (Å²) in [5.41, 5.74) is 4.26. The molecule has 0 N–H and O–H groups in total. The van der Waals surface area contributed by atoms with Crippen molar-refractivity contribution in [1.29, 1.82) is 0 Å². The molecule has 1 fully saturated rings. The lowest BCUT2D eigenvalue weighted by Gasteiger charge is -2.56. The first-order valence-corrected chi connectivity index (χ1v) is 16.7. The molecular formula is C47H36O. The molecule has 0 bridgehead atoms. The van der Waals surface area contributed by atoms with Gasteiger partial charge in [0.15, 0.2) is 5.78 Å². The number of hydrogen-bond acceptors (Lipinski definition) is 1. The van der Waals surface area contributed by atoms with Crippen molar-refractivity contribution in [3.8, 4) is 0 Å². The number of Topliss-reactive ketones (excluding diaryl/α,β-unsaturated/α-hetero) is 1. The zero-order valence-corrected chi connectivity index (χ0v) is 26.7. The number of carbonyl (C=O) groups excluding carboxylic acids is 1. The van der Waals surface area contributed by atoms with E-state index in [9.17, 15) is 0 Å². The molecular weight excluding hydrogens is 581 g/mol. The lowest BCUT2D eigenvalue weighted by molar-refractivity contribution is -0.123. The fourth-order valence-corrected chi connectivity index (χ4v) is 9.18. The van der Waals surface area contributed by atoms with Crippen LogP contribution in [0.3, 0.4) is 0 Å². The van der Waals surface area contributed by atoms with Crippen LogP contribution < -0.4 is 0 Å². The van der Waals surface area contributed by atoms with Gasteiger partial charge in [0.05, 0.1) is 16.7 Å². The lowest BCUT2D eigenvalue weighted by Crippen LogP contribution is -2.59. The molecule has 230 valence electrons. The Labute approximate surface area is 283 Å².